The molecule has 2 rings (SSSR count). The number of hydrogen-bond acceptors (Lipinski definition) is 4. The maximum absolute atomic E-state index is 13.8. The van der Waals surface area contributed by atoms with Gasteiger partial charge in [0.2, 0.25) is 0 Å². The second-order valence-corrected chi connectivity index (χ2v) is 4.59. The molecule has 1 N–H and O–H groups in total. The number of rotatable bonds is 4. The van der Waals surface area contributed by atoms with Crippen LogP contribution in [0.5, 0.6) is 0 Å². The lowest BCUT2D eigenvalue weighted by molar-refractivity contribution is -0.136. The molecule has 2 aromatic rings. The summed E-state index contributed by atoms with van der Waals surface area (Å²) in [4.78, 5) is 18.9. The summed E-state index contributed by atoms with van der Waals surface area (Å²) >= 11 is 1.36. The average Bonchev–Trinajstić information content (AvgIpc) is 2.40. The van der Waals surface area contributed by atoms with Crippen LogP contribution in [0.15, 0.2) is 35.6 Å². The zero-order valence-electron chi connectivity index (χ0n) is 10.1. The molecule has 0 amide bonds. The summed E-state index contributed by atoms with van der Waals surface area (Å²) in [6.45, 7) is 0. The minimum absolute atomic E-state index is 0.145. The molecule has 0 saturated carbocycles. The van der Waals surface area contributed by atoms with Gasteiger partial charge in [0.05, 0.1) is 12.1 Å². The van der Waals surface area contributed by atoms with Gasteiger partial charge in [-0.05, 0) is 30.0 Å². The van der Waals surface area contributed by atoms with Crippen LogP contribution in [-0.2, 0) is 11.2 Å². The Balaban J connectivity index is 2.44. The molecule has 0 unspecified atom stereocenters. The van der Waals surface area contributed by atoms with Crippen molar-refractivity contribution in [1.82, 2.24) is 9.97 Å². The van der Waals surface area contributed by atoms with Crippen molar-refractivity contribution in [3.63, 3.8) is 0 Å². The van der Waals surface area contributed by atoms with E-state index in [1.165, 1.54) is 30.0 Å². The highest BCUT2D eigenvalue weighted by Gasteiger charge is 2.10. The van der Waals surface area contributed by atoms with E-state index in [0.717, 1.165) is 0 Å². The minimum Gasteiger partial charge on any atom is -0.481 e. The second kappa shape index (κ2) is 5.79. The lowest BCUT2D eigenvalue weighted by atomic mass is 10.1. The van der Waals surface area contributed by atoms with Gasteiger partial charge in [0.1, 0.15) is 5.82 Å². The number of carboxylic acid groups (broad SMARTS) is 1. The predicted molar refractivity (Wildman–Crippen MR) is 70.5 cm³/mol. The van der Waals surface area contributed by atoms with Crippen molar-refractivity contribution in [3.8, 4) is 11.3 Å². The molecule has 0 atom stereocenters. The maximum atomic E-state index is 13.8. The van der Waals surface area contributed by atoms with E-state index >= 15 is 0 Å². The van der Waals surface area contributed by atoms with E-state index in [1.807, 2.05) is 6.26 Å². The van der Waals surface area contributed by atoms with Crippen molar-refractivity contribution in [2.24, 2.45) is 0 Å². The van der Waals surface area contributed by atoms with Crippen LogP contribution in [0.3, 0.4) is 0 Å². The molecule has 1 heterocycles. The first-order valence-corrected chi connectivity index (χ1v) is 6.70. The van der Waals surface area contributed by atoms with Gasteiger partial charge in [-0.1, -0.05) is 17.8 Å². The minimum atomic E-state index is -0.954. The van der Waals surface area contributed by atoms with E-state index in [4.69, 9.17) is 5.11 Å². The first-order valence-electron chi connectivity index (χ1n) is 5.48. The van der Waals surface area contributed by atoms with E-state index in [-0.39, 0.29) is 12.0 Å². The van der Waals surface area contributed by atoms with Gasteiger partial charge in [-0.3, -0.25) is 4.79 Å². The second-order valence-electron chi connectivity index (χ2n) is 3.81. The van der Waals surface area contributed by atoms with Crippen LogP contribution in [0.2, 0.25) is 0 Å². The van der Waals surface area contributed by atoms with Gasteiger partial charge in [-0.2, -0.15) is 0 Å². The molecule has 4 nitrogen and oxygen atoms in total. The molecule has 0 radical (unpaired) electrons. The fourth-order valence-electron chi connectivity index (χ4n) is 1.64. The molecule has 1 aromatic carbocycles. The largest absolute Gasteiger partial charge is 0.481 e. The Kier molecular flexibility index (Phi) is 4.11. The first-order chi connectivity index (χ1) is 9.10. The van der Waals surface area contributed by atoms with Crippen LogP contribution >= 0.6 is 11.8 Å². The average molecular weight is 278 g/mol. The van der Waals surface area contributed by atoms with Crippen molar-refractivity contribution in [2.75, 3.05) is 6.26 Å². The third-order valence-electron chi connectivity index (χ3n) is 2.48. The Labute approximate surface area is 113 Å². The van der Waals surface area contributed by atoms with Crippen molar-refractivity contribution >= 4 is 17.7 Å². The highest BCUT2D eigenvalue weighted by molar-refractivity contribution is 7.98. The number of hydrogen-bond donors (Lipinski definition) is 1. The number of thioether (sulfide) groups is 1. The van der Waals surface area contributed by atoms with Crippen molar-refractivity contribution in [1.29, 1.82) is 0 Å². The Morgan fingerprint density at radius 2 is 2.21 bits per heavy atom. The molecule has 6 heteroatoms. The molecule has 0 aliphatic heterocycles. The van der Waals surface area contributed by atoms with Crippen molar-refractivity contribution < 1.29 is 14.3 Å². The number of halogens is 1. The predicted octanol–water partition coefficient (Wildman–Crippen LogP) is 2.63. The van der Waals surface area contributed by atoms with Crippen LogP contribution in [0, 0.1) is 5.82 Å². The summed E-state index contributed by atoms with van der Waals surface area (Å²) in [6.07, 6.45) is 3.24. The van der Waals surface area contributed by atoms with Gasteiger partial charge in [0.15, 0.2) is 5.16 Å². The van der Waals surface area contributed by atoms with Gasteiger partial charge in [-0.25, -0.2) is 14.4 Å². The molecule has 0 aliphatic rings. The van der Waals surface area contributed by atoms with Crippen LogP contribution in [0.1, 0.15) is 5.56 Å². The van der Waals surface area contributed by atoms with Crippen LogP contribution < -0.4 is 0 Å². The monoisotopic (exact) mass is 278 g/mol. The van der Waals surface area contributed by atoms with Crippen LogP contribution in [-0.4, -0.2) is 27.3 Å². The Bertz CT molecular complexity index is 619. The molecule has 0 aliphatic carbocycles. The summed E-state index contributed by atoms with van der Waals surface area (Å²) in [5, 5.41) is 9.30. The number of aromatic nitrogens is 2. The molecule has 0 fully saturated rings. The fourth-order valence-corrected chi connectivity index (χ4v) is 2.00. The number of carbonyl (C=O) groups is 1. The fraction of sp³-hybridized carbons (Fsp3) is 0.154. The van der Waals surface area contributed by atoms with E-state index in [1.54, 1.807) is 12.3 Å². The lowest BCUT2D eigenvalue weighted by Crippen LogP contribution is -2.01. The summed E-state index contributed by atoms with van der Waals surface area (Å²) in [5.74, 6) is -1.38. The molecular formula is C13H11FN2O2S. The molecular weight excluding hydrogens is 267 g/mol. The number of carboxylic acids is 1. The summed E-state index contributed by atoms with van der Waals surface area (Å²) in [7, 11) is 0. The number of aliphatic carboxylic acids is 1. The van der Waals surface area contributed by atoms with Gasteiger partial charge >= 0.3 is 5.97 Å². The van der Waals surface area contributed by atoms with E-state index in [9.17, 15) is 9.18 Å². The molecule has 0 bridgehead atoms. The van der Waals surface area contributed by atoms with Gasteiger partial charge in [0, 0.05) is 11.8 Å². The topological polar surface area (TPSA) is 63.1 Å². The van der Waals surface area contributed by atoms with Crippen molar-refractivity contribution in [2.45, 2.75) is 11.6 Å². The van der Waals surface area contributed by atoms with Gasteiger partial charge in [0.25, 0.3) is 0 Å². The molecule has 0 spiro atoms. The lowest BCUT2D eigenvalue weighted by Gasteiger charge is -2.06. The van der Waals surface area contributed by atoms with E-state index < -0.39 is 11.8 Å². The number of nitrogens with zero attached hydrogens (tertiary/aromatic N) is 2. The van der Waals surface area contributed by atoms with E-state index in [2.05, 4.69) is 9.97 Å². The number of benzene rings is 1. The highest BCUT2D eigenvalue weighted by Crippen LogP contribution is 2.23. The van der Waals surface area contributed by atoms with Crippen molar-refractivity contribution in [3.05, 3.63) is 41.8 Å². The van der Waals surface area contributed by atoms with Gasteiger partial charge < -0.3 is 5.11 Å². The summed E-state index contributed by atoms with van der Waals surface area (Å²) < 4.78 is 13.8. The summed E-state index contributed by atoms with van der Waals surface area (Å²) in [5.41, 5.74) is 1.27. The quantitative estimate of drug-likeness (QED) is 0.688. The zero-order valence-corrected chi connectivity index (χ0v) is 10.9. The normalized spacial score (nSPS) is 10.4. The van der Waals surface area contributed by atoms with Crippen LogP contribution in [0.25, 0.3) is 11.3 Å². The molecule has 1 aromatic heterocycles. The van der Waals surface area contributed by atoms with Crippen LogP contribution in [0.4, 0.5) is 4.39 Å². The Morgan fingerprint density at radius 1 is 1.42 bits per heavy atom. The zero-order chi connectivity index (χ0) is 13.8. The smallest absolute Gasteiger partial charge is 0.307 e. The molecule has 19 heavy (non-hydrogen) atoms. The van der Waals surface area contributed by atoms with Gasteiger partial charge in [-0.15, -0.1) is 0 Å². The van der Waals surface area contributed by atoms with E-state index in [0.29, 0.717) is 16.4 Å². The SMILES string of the molecule is CSc1nccc(-c2cc(CC(=O)O)ccc2F)n1. The molecule has 0 saturated heterocycles. The highest BCUT2D eigenvalue weighted by atomic mass is 32.2. The Morgan fingerprint density at radius 3 is 2.89 bits per heavy atom. The summed E-state index contributed by atoms with van der Waals surface area (Å²) in [6, 6.07) is 5.83. The Hall–Kier alpha value is -1.95. The third-order valence-corrected chi connectivity index (χ3v) is 3.04. The first kappa shape index (κ1) is 13.5. The molecule has 98 valence electrons. The maximum Gasteiger partial charge on any atom is 0.307 e. The third kappa shape index (κ3) is 3.29. The standard InChI is InChI=1S/C13H11FN2O2S/c1-19-13-15-5-4-11(16-13)9-6-8(7-12(17)18)2-3-10(9)14/h2-6H,7H2,1H3,(H,17,18).